The van der Waals surface area contributed by atoms with E-state index in [1.807, 2.05) is 25.2 Å². The van der Waals surface area contributed by atoms with E-state index in [1.54, 1.807) is 6.07 Å². The SMILES string of the molecule is CNC[C@@H]1OCCc2c(-c3ccnc(OC(F)(F)F)c3)cccc21. The molecule has 128 valence electrons. The maximum absolute atomic E-state index is 12.4. The number of pyridine rings is 1. The van der Waals surface area contributed by atoms with Crippen LogP contribution in [0.1, 0.15) is 17.2 Å². The van der Waals surface area contributed by atoms with E-state index in [4.69, 9.17) is 4.74 Å². The second kappa shape index (κ2) is 6.78. The Kier molecular flexibility index (Phi) is 4.73. The molecule has 0 unspecified atom stereocenters. The van der Waals surface area contributed by atoms with Gasteiger partial charge in [-0.25, -0.2) is 4.98 Å². The highest BCUT2D eigenvalue weighted by Gasteiger charge is 2.32. The van der Waals surface area contributed by atoms with Crippen molar-refractivity contribution in [3.63, 3.8) is 0 Å². The highest BCUT2D eigenvalue weighted by atomic mass is 19.4. The first-order valence-corrected chi connectivity index (χ1v) is 7.58. The minimum absolute atomic E-state index is 0.0635. The van der Waals surface area contributed by atoms with Gasteiger partial charge < -0.3 is 14.8 Å². The van der Waals surface area contributed by atoms with E-state index >= 15 is 0 Å². The predicted molar refractivity (Wildman–Crippen MR) is 82.7 cm³/mol. The Bertz CT molecular complexity index is 719. The van der Waals surface area contributed by atoms with E-state index in [0.29, 0.717) is 25.1 Å². The molecular formula is C17H17F3N2O2. The van der Waals surface area contributed by atoms with Crippen LogP contribution in [0.4, 0.5) is 13.2 Å². The van der Waals surface area contributed by atoms with Gasteiger partial charge in [0.15, 0.2) is 0 Å². The van der Waals surface area contributed by atoms with Gasteiger partial charge in [0.1, 0.15) is 0 Å². The standard InChI is InChI=1S/C17H17F3N2O2/c1-21-10-15-14-4-2-3-12(13(14)6-8-23-15)11-5-7-22-16(9-11)24-17(18,19)20/h2-5,7,9,15,21H,6,8,10H2,1H3/t15-/m0/s1. The van der Waals surface area contributed by atoms with Crippen molar-refractivity contribution in [2.75, 3.05) is 20.2 Å². The first kappa shape index (κ1) is 16.7. The van der Waals surface area contributed by atoms with E-state index in [0.717, 1.165) is 16.7 Å². The van der Waals surface area contributed by atoms with E-state index in [2.05, 4.69) is 15.0 Å². The summed E-state index contributed by atoms with van der Waals surface area (Å²) in [6.45, 7) is 1.25. The van der Waals surface area contributed by atoms with Crippen molar-refractivity contribution in [2.45, 2.75) is 18.9 Å². The summed E-state index contributed by atoms with van der Waals surface area (Å²) in [5, 5.41) is 3.09. The van der Waals surface area contributed by atoms with Crippen LogP contribution in [0.15, 0.2) is 36.5 Å². The molecule has 1 aliphatic heterocycles. The summed E-state index contributed by atoms with van der Waals surface area (Å²) in [5.74, 6) is -0.462. The fourth-order valence-corrected chi connectivity index (χ4v) is 2.95. The van der Waals surface area contributed by atoms with Crippen molar-refractivity contribution < 1.29 is 22.6 Å². The molecule has 1 aromatic carbocycles. The third-order valence-electron chi connectivity index (χ3n) is 3.89. The molecule has 0 spiro atoms. The summed E-state index contributed by atoms with van der Waals surface area (Å²) in [6.07, 6.45) is -2.79. The topological polar surface area (TPSA) is 43.4 Å². The summed E-state index contributed by atoms with van der Waals surface area (Å²) < 4.78 is 46.9. The molecule has 4 nitrogen and oxygen atoms in total. The van der Waals surface area contributed by atoms with E-state index in [9.17, 15) is 13.2 Å². The fraction of sp³-hybridized carbons (Fsp3) is 0.353. The van der Waals surface area contributed by atoms with Crippen LogP contribution >= 0.6 is 0 Å². The Balaban J connectivity index is 1.99. The number of likely N-dealkylation sites (N-methyl/N-ethyl adjacent to an activating group) is 1. The maximum atomic E-state index is 12.4. The van der Waals surface area contributed by atoms with Crippen LogP contribution < -0.4 is 10.1 Å². The Morgan fingerprint density at radius 2 is 2.17 bits per heavy atom. The average molecular weight is 338 g/mol. The molecule has 24 heavy (non-hydrogen) atoms. The van der Waals surface area contributed by atoms with Crippen LogP contribution in [0.5, 0.6) is 5.88 Å². The van der Waals surface area contributed by atoms with Gasteiger partial charge in [-0.1, -0.05) is 18.2 Å². The summed E-state index contributed by atoms with van der Waals surface area (Å²) in [6, 6.07) is 8.77. The number of halogens is 3. The van der Waals surface area contributed by atoms with Crippen molar-refractivity contribution in [2.24, 2.45) is 0 Å². The number of hydrogen-bond acceptors (Lipinski definition) is 4. The molecule has 3 rings (SSSR count). The number of nitrogens with zero attached hydrogens (tertiary/aromatic N) is 1. The van der Waals surface area contributed by atoms with Gasteiger partial charge in [0, 0.05) is 18.8 Å². The largest absolute Gasteiger partial charge is 0.574 e. The van der Waals surface area contributed by atoms with E-state index in [-0.39, 0.29) is 6.10 Å². The lowest BCUT2D eigenvalue weighted by Gasteiger charge is -2.28. The lowest BCUT2D eigenvalue weighted by molar-refractivity contribution is -0.276. The molecule has 2 heterocycles. The Labute approximate surface area is 137 Å². The molecule has 1 atom stereocenters. The highest BCUT2D eigenvalue weighted by Crippen LogP contribution is 2.35. The minimum Gasteiger partial charge on any atom is -0.388 e. The van der Waals surface area contributed by atoms with Crippen molar-refractivity contribution in [1.82, 2.24) is 10.3 Å². The molecule has 7 heteroatoms. The van der Waals surface area contributed by atoms with Gasteiger partial charge in [0.2, 0.25) is 5.88 Å². The molecule has 0 saturated heterocycles. The van der Waals surface area contributed by atoms with Crippen molar-refractivity contribution in [3.8, 4) is 17.0 Å². The van der Waals surface area contributed by atoms with Gasteiger partial charge in [-0.05, 0) is 41.8 Å². The van der Waals surface area contributed by atoms with Gasteiger partial charge in [-0.2, -0.15) is 0 Å². The molecule has 0 amide bonds. The Hall–Kier alpha value is -2.12. The quantitative estimate of drug-likeness (QED) is 0.927. The molecule has 0 aliphatic carbocycles. The van der Waals surface area contributed by atoms with Crippen LogP contribution in [0.25, 0.3) is 11.1 Å². The van der Waals surface area contributed by atoms with Crippen LogP contribution in [0, 0.1) is 0 Å². The molecule has 1 N–H and O–H groups in total. The fourth-order valence-electron chi connectivity index (χ4n) is 2.95. The lowest BCUT2D eigenvalue weighted by Crippen LogP contribution is -2.25. The smallest absolute Gasteiger partial charge is 0.388 e. The zero-order chi connectivity index (χ0) is 17.2. The molecule has 1 aliphatic rings. The number of rotatable bonds is 4. The number of hydrogen-bond donors (Lipinski definition) is 1. The summed E-state index contributed by atoms with van der Waals surface area (Å²) in [7, 11) is 1.85. The number of nitrogens with one attached hydrogen (secondary N) is 1. The summed E-state index contributed by atoms with van der Waals surface area (Å²) in [5.41, 5.74) is 3.67. The third-order valence-corrected chi connectivity index (χ3v) is 3.89. The first-order chi connectivity index (χ1) is 11.5. The highest BCUT2D eigenvalue weighted by molar-refractivity contribution is 5.70. The van der Waals surface area contributed by atoms with Crippen molar-refractivity contribution >= 4 is 0 Å². The maximum Gasteiger partial charge on any atom is 0.574 e. The number of alkyl halides is 3. The normalized spacial score (nSPS) is 17.4. The number of benzene rings is 1. The average Bonchev–Trinajstić information content (AvgIpc) is 2.53. The zero-order valence-electron chi connectivity index (χ0n) is 13.1. The van der Waals surface area contributed by atoms with Gasteiger partial charge in [0.25, 0.3) is 0 Å². The van der Waals surface area contributed by atoms with Crippen molar-refractivity contribution in [1.29, 1.82) is 0 Å². The molecule has 0 saturated carbocycles. The van der Waals surface area contributed by atoms with Gasteiger partial charge >= 0.3 is 6.36 Å². The van der Waals surface area contributed by atoms with Gasteiger partial charge in [0.05, 0.1) is 12.7 Å². The van der Waals surface area contributed by atoms with Crippen LogP contribution in [0.3, 0.4) is 0 Å². The first-order valence-electron chi connectivity index (χ1n) is 7.58. The zero-order valence-corrected chi connectivity index (χ0v) is 13.1. The van der Waals surface area contributed by atoms with Crippen LogP contribution in [0.2, 0.25) is 0 Å². The number of aromatic nitrogens is 1. The predicted octanol–water partition coefficient (Wildman–Crippen LogP) is 3.48. The molecule has 0 bridgehead atoms. The molecular weight excluding hydrogens is 321 g/mol. The number of ether oxygens (including phenoxy) is 2. The summed E-state index contributed by atoms with van der Waals surface area (Å²) in [4.78, 5) is 3.63. The van der Waals surface area contributed by atoms with Gasteiger partial charge in [-0.15, -0.1) is 13.2 Å². The number of fused-ring (bicyclic) bond motifs is 1. The molecule has 0 fully saturated rings. The third kappa shape index (κ3) is 3.68. The Morgan fingerprint density at radius 3 is 2.92 bits per heavy atom. The molecule has 1 aromatic heterocycles. The van der Waals surface area contributed by atoms with E-state index in [1.165, 1.54) is 12.3 Å². The molecule has 2 aromatic rings. The summed E-state index contributed by atoms with van der Waals surface area (Å²) >= 11 is 0. The van der Waals surface area contributed by atoms with E-state index < -0.39 is 12.2 Å². The second-order valence-corrected chi connectivity index (χ2v) is 5.47. The van der Waals surface area contributed by atoms with Crippen LogP contribution in [-0.4, -0.2) is 31.5 Å². The van der Waals surface area contributed by atoms with Crippen LogP contribution in [-0.2, 0) is 11.2 Å². The molecule has 0 radical (unpaired) electrons. The van der Waals surface area contributed by atoms with Gasteiger partial charge in [-0.3, -0.25) is 0 Å². The lowest BCUT2D eigenvalue weighted by atomic mass is 9.90. The van der Waals surface area contributed by atoms with Crippen molar-refractivity contribution in [3.05, 3.63) is 47.7 Å². The monoisotopic (exact) mass is 338 g/mol. The minimum atomic E-state index is -4.76. The second-order valence-electron chi connectivity index (χ2n) is 5.47. The Morgan fingerprint density at radius 1 is 1.33 bits per heavy atom.